The van der Waals surface area contributed by atoms with Crippen molar-refractivity contribution in [3.63, 3.8) is 0 Å². The third-order valence-electron chi connectivity index (χ3n) is 2.98. The average Bonchev–Trinajstić information content (AvgIpc) is 2.75. The number of rotatable bonds is 6. The van der Waals surface area contributed by atoms with Gasteiger partial charge in [-0.1, -0.05) is 6.92 Å². The Kier molecular flexibility index (Phi) is 5.37. The van der Waals surface area contributed by atoms with Crippen LogP contribution in [-0.2, 0) is 6.54 Å². The molecule has 0 saturated carbocycles. The van der Waals surface area contributed by atoms with E-state index < -0.39 is 0 Å². The molecule has 108 valence electrons. The van der Waals surface area contributed by atoms with E-state index in [1.54, 1.807) is 6.33 Å². The van der Waals surface area contributed by atoms with Crippen molar-refractivity contribution in [1.29, 1.82) is 0 Å². The van der Waals surface area contributed by atoms with Crippen LogP contribution < -0.4 is 10.6 Å². The summed E-state index contributed by atoms with van der Waals surface area (Å²) in [4.78, 5) is 11.2. The second-order valence-corrected chi connectivity index (χ2v) is 6.75. The van der Waals surface area contributed by atoms with Crippen molar-refractivity contribution in [2.75, 3.05) is 17.2 Å². The molecule has 0 spiro atoms. The number of hydrogen-bond donors (Lipinski definition) is 2. The standard InChI is InChI=1S/C14H19BrN4S/c1-4-5-16-13-12(15)14(19-8-18-13)17-7-11-6-9(2)10(3)20-11/h6,8H,4-5,7H2,1-3H3,(H2,16,17,18,19). The van der Waals surface area contributed by atoms with Crippen LogP contribution in [0.1, 0.15) is 28.7 Å². The Labute approximate surface area is 132 Å². The van der Waals surface area contributed by atoms with E-state index in [0.29, 0.717) is 0 Å². The maximum atomic E-state index is 4.29. The van der Waals surface area contributed by atoms with Gasteiger partial charge >= 0.3 is 0 Å². The Morgan fingerprint density at radius 1 is 1.20 bits per heavy atom. The van der Waals surface area contributed by atoms with E-state index in [1.165, 1.54) is 15.3 Å². The first kappa shape index (κ1) is 15.3. The second kappa shape index (κ2) is 7.04. The minimum absolute atomic E-state index is 0.780. The zero-order valence-corrected chi connectivity index (χ0v) is 14.4. The number of aromatic nitrogens is 2. The fourth-order valence-corrected chi connectivity index (χ4v) is 3.25. The SMILES string of the molecule is CCCNc1ncnc(NCc2cc(C)c(C)s2)c1Br. The molecule has 0 aliphatic heterocycles. The number of thiophene rings is 1. The van der Waals surface area contributed by atoms with Gasteiger partial charge in [-0.2, -0.15) is 0 Å². The van der Waals surface area contributed by atoms with Crippen molar-refractivity contribution in [2.45, 2.75) is 33.7 Å². The molecule has 0 unspecified atom stereocenters. The first-order valence-electron chi connectivity index (χ1n) is 6.66. The molecule has 0 bridgehead atoms. The molecule has 6 heteroatoms. The summed E-state index contributed by atoms with van der Waals surface area (Å²) >= 11 is 5.38. The molecule has 2 aromatic rings. The van der Waals surface area contributed by atoms with Crippen LogP contribution in [0.25, 0.3) is 0 Å². The van der Waals surface area contributed by atoms with Gasteiger partial charge in [0.05, 0.1) is 6.54 Å². The van der Waals surface area contributed by atoms with Crippen LogP contribution in [0.15, 0.2) is 16.9 Å². The van der Waals surface area contributed by atoms with Crippen molar-refractivity contribution >= 4 is 38.9 Å². The van der Waals surface area contributed by atoms with E-state index >= 15 is 0 Å². The van der Waals surface area contributed by atoms with E-state index in [-0.39, 0.29) is 0 Å². The van der Waals surface area contributed by atoms with E-state index in [1.807, 2.05) is 11.3 Å². The normalized spacial score (nSPS) is 10.6. The highest BCUT2D eigenvalue weighted by atomic mass is 79.9. The topological polar surface area (TPSA) is 49.8 Å². The molecule has 0 atom stereocenters. The van der Waals surface area contributed by atoms with Crippen LogP contribution >= 0.6 is 27.3 Å². The number of aryl methyl sites for hydroxylation is 2. The van der Waals surface area contributed by atoms with Gasteiger partial charge in [0.2, 0.25) is 0 Å². The third-order valence-corrected chi connectivity index (χ3v) is 4.88. The van der Waals surface area contributed by atoms with Gasteiger partial charge in [-0.25, -0.2) is 9.97 Å². The molecule has 20 heavy (non-hydrogen) atoms. The van der Waals surface area contributed by atoms with Crippen LogP contribution in [-0.4, -0.2) is 16.5 Å². The van der Waals surface area contributed by atoms with Crippen LogP contribution in [0.2, 0.25) is 0 Å². The average molecular weight is 355 g/mol. The van der Waals surface area contributed by atoms with E-state index in [0.717, 1.165) is 35.6 Å². The van der Waals surface area contributed by atoms with Crippen molar-refractivity contribution in [2.24, 2.45) is 0 Å². The maximum Gasteiger partial charge on any atom is 0.146 e. The van der Waals surface area contributed by atoms with Gasteiger partial charge in [-0.3, -0.25) is 0 Å². The van der Waals surface area contributed by atoms with E-state index in [2.05, 4.69) is 63.4 Å². The number of nitrogens with zero attached hydrogens (tertiary/aromatic N) is 2. The molecule has 2 heterocycles. The zero-order valence-electron chi connectivity index (χ0n) is 12.0. The van der Waals surface area contributed by atoms with Gasteiger partial charge in [-0.05, 0) is 47.8 Å². The molecule has 0 amide bonds. The Morgan fingerprint density at radius 3 is 2.50 bits per heavy atom. The molecule has 0 fully saturated rings. The summed E-state index contributed by atoms with van der Waals surface area (Å²) in [5, 5.41) is 6.64. The van der Waals surface area contributed by atoms with Gasteiger partial charge < -0.3 is 10.6 Å². The third kappa shape index (κ3) is 3.70. The monoisotopic (exact) mass is 354 g/mol. The number of nitrogens with one attached hydrogen (secondary N) is 2. The van der Waals surface area contributed by atoms with E-state index in [4.69, 9.17) is 0 Å². The van der Waals surface area contributed by atoms with Crippen LogP contribution in [0.3, 0.4) is 0 Å². The summed E-state index contributed by atoms with van der Waals surface area (Å²) in [7, 11) is 0. The quantitative estimate of drug-likeness (QED) is 0.809. The van der Waals surface area contributed by atoms with Crippen LogP contribution in [0.5, 0.6) is 0 Å². The molecule has 4 nitrogen and oxygen atoms in total. The van der Waals surface area contributed by atoms with Crippen molar-refractivity contribution < 1.29 is 0 Å². The van der Waals surface area contributed by atoms with Gasteiger partial charge in [0.15, 0.2) is 0 Å². The lowest BCUT2D eigenvalue weighted by Gasteiger charge is -2.10. The molecule has 2 N–H and O–H groups in total. The first-order valence-corrected chi connectivity index (χ1v) is 8.27. The minimum Gasteiger partial charge on any atom is -0.369 e. The van der Waals surface area contributed by atoms with Gasteiger partial charge in [-0.15, -0.1) is 11.3 Å². The van der Waals surface area contributed by atoms with Crippen molar-refractivity contribution in [3.8, 4) is 0 Å². The van der Waals surface area contributed by atoms with Gasteiger partial charge in [0, 0.05) is 16.3 Å². The van der Waals surface area contributed by atoms with Crippen LogP contribution in [0, 0.1) is 13.8 Å². The number of anilines is 2. The number of halogens is 1. The molecule has 0 aliphatic rings. The van der Waals surface area contributed by atoms with Crippen molar-refractivity contribution in [1.82, 2.24) is 9.97 Å². The molecule has 2 rings (SSSR count). The fourth-order valence-electron chi connectivity index (χ4n) is 1.77. The van der Waals surface area contributed by atoms with Gasteiger partial charge in [0.25, 0.3) is 0 Å². The Balaban J connectivity index is 2.05. The Morgan fingerprint density at radius 2 is 1.90 bits per heavy atom. The lowest BCUT2D eigenvalue weighted by molar-refractivity contribution is 0.960. The highest BCUT2D eigenvalue weighted by molar-refractivity contribution is 9.10. The smallest absolute Gasteiger partial charge is 0.146 e. The minimum atomic E-state index is 0.780. The molecular formula is C14H19BrN4S. The fraction of sp³-hybridized carbons (Fsp3) is 0.429. The lowest BCUT2D eigenvalue weighted by Crippen LogP contribution is -2.07. The number of hydrogen-bond acceptors (Lipinski definition) is 5. The largest absolute Gasteiger partial charge is 0.369 e. The molecule has 0 saturated heterocycles. The maximum absolute atomic E-state index is 4.29. The molecular weight excluding hydrogens is 336 g/mol. The zero-order chi connectivity index (χ0) is 14.5. The highest BCUT2D eigenvalue weighted by Crippen LogP contribution is 2.28. The first-order chi connectivity index (χ1) is 9.61. The Bertz CT molecular complexity index is 563. The van der Waals surface area contributed by atoms with Crippen LogP contribution in [0.4, 0.5) is 11.6 Å². The van der Waals surface area contributed by atoms with Crippen molar-refractivity contribution in [3.05, 3.63) is 32.2 Å². The summed E-state index contributed by atoms with van der Waals surface area (Å²) in [5.41, 5.74) is 1.35. The predicted octanol–water partition coefficient (Wildman–Crippen LogP) is 4.35. The summed E-state index contributed by atoms with van der Waals surface area (Å²) in [6.07, 6.45) is 2.64. The molecule has 0 aromatic carbocycles. The Hall–Kier alpha value is -1.14. The highest BCUT2D eigenvalue weighted by Gasteiger charge is 2.09. The summed E-state index contributed by atoms with van der Waals surface area (Å²) in [5.74, 6) is 1.66. The second-order valence-electron chi connectivity index (χ2n) is 4.62. The summed E-state index contributed by atoms with van der Waals surface area (Å²) < 4.78 is 0.887. The molecule has 2 aromatic heterocycles. The summed E-state index contributed by atoms with van der Waals surface area (Å²) in [6, 6.07) is 2.22. The summed E-state index contributed by atoms with van der Waals surface area (Å²) in [6.45, 7) is 8.10. The molecule has 0 aliphatic carbocycles. The molecule has 0 radical (unpaired) electrons. The van der Waals surface area contributed by atoms with E-state index in [9.17, 15) is 0 Å². The predicted molar refractivity (Wildman–Crippen MR) is 89.6 cm³/mol. The van der Waals surface area contributed by atoms with Gasteiger partial charge in [0.1, 0.15) is 22.4 Å². The lowest BCUT2D eigenvalue weighted by atomic mass is 10.3.